The monoisotopic (exact) mass is 311 g/mol. The number of rotatable bonds is 7. The number of phosphoric ester groups is 1. The molecule has 112 valence electrons. The quantitative estimate of drug-likeness (QED) is 0.433. The van der Waals surface area contributed by atoms with Gasteiger partial charge < -0.3 is 4.52 Å². The number of non-ortho nitro benzene ring substituents is 1. The molecule has 7 nitrogen and oxygen atoms in total. The summed E-state index contributed by atoms with van der Waals surface area (Å²) in [6, 6.07) is 4.33. The Kier molecular flexibility index (Phi) is 5.55. The van der Waals surface area contributed by atoms with E-state index in [1.54, 1.807) is 0 Å². The summed E-state index contributed by atoms with van der Waals surface area (Å²) < 4.78 is 50.8. The van der Waals surface area contributed by atoms with E-state index < -0.39 is 25.5 Å². The number of phosphoric acid groups is 1. The maximum atomic E-state index is 12.8. The minimum Gasteiger partial charge on any atom is -0.404 e. The van der Waals surface area contributed by atoms with Gasteiger partial charge in [-0.2, -0.15) is 0 Å². The first-order valence-electron chi connectivity index (χ1n) is 5.41. The maximum absolute atomic E-state index is 12.8. The van der Waals surface area contributed by atoms with Crippen molar-refractivity contribution in [2.45, 2.75) is 26.6 Å². The zero-order valence-electron chi connectivity index (χ0n) is 10.6. The van der Waals surface area contributed by atoms with Crippen molar-refractivity contribution < 1.29 is 31.8 Å². The van der Waals surface area contributed by atoms with E-state index in [1.165, 1.54) is 0 Å². The molecule has 0 aliphatic carbocycles. The van der Waals surface area contributed by atoms with Gasteiger partial charge in [-0.15, -0.1) is 0 Å². The molecule has 0 N–H and O–H groups in total. The predicted molar refractivity (Wildman–Crippen MR) is 64.6 cm³/mol. The van der Waals surface area contributed by atoms with Gasteiger partial charge in [-0.25, -0.2) is 22.4 Å². The van der Waals surface area contributed by atoms with Gasteiger partial charge in [0.2, 0.25) is 12.7 Å². The molecule has 0 heterocycles. The van der Waals surface area contributed by atoms with E-state index in [9.17, 15) is 23.5 Å². The van der Waals surface area contributed by atoms with Crippen molar-refractivity contribution in [3.05, 3.63) is 34.4 Å². The molecule has 0 saturated heterocycles. The Bertz CT molecular complexity index is 493. The van der Waals surface area contributed by atoms with Gasteiger partial charge in [-0.05, 0) is 26.0 Å². The Hall–Kier alpha value is -1.57. The second-order valence-corrected chi connectivity index (χ2v) is 5.08. The number of alkyl halides is 2. The lowest BCUT2D eigenvalue weighted by Gasteiger charge is -2.19. The lowest BCUT2D eigenvalue weighted by atomic mass is 10.3. The minimum atomic E-state index is -4.51. The number of nitrogens with zero attached hydrogens (tertiary/aromatic N) is 1. The van der Waals surface area contributed by atoms with Crippen LogP contribution in [-0.2, 0) is 13.6 Å². The fourth-order valence-electron chi connectivity index (χ4n) is 1.18. The molecule has 0 aromatic heterocycles. The highest BCUT2D eigenvalue weighted by Crippen LogP contribution is 2.51. The van der Waals surface area contributed by atoms with Crippen LogP contribution in [0.2, 0.25) is 0 Å². The van der Waals surface area contributed by atoms with Gasteiger partial charge >= 0.3 is 7.82 Å². The molecule has 0 aliphatic heterocycles. The first-order chi connectivity index (χ1) is 9.22. The topological polar surface area (TPSA) is 87.9 Å². The summed E-state index contributed by atoms with van der Waals surface area (Å²) in [5, 5.41) is 10.4. The number of hydrogen-bond donors (Lipinski definition) is 0. The third-order valence-electron chi connectivity index (χ3n) is 1.81. The first kappa shape index (κ1) is 16.5. The van der Waals surface area contributed by atoms with Crippen LogP contribution in [0.5, 0.6) is 5.75 Å². The van der Waals surface area contributed by atoms with Gasteiger partial charge in [0.05, 0.1) is 4.92 Å². The molecule has 0 amide bonds. The fraction of sp³-hybridized carbons (Fsp3) is 0.400. The number of hydrogen-bond acceptors (Lipinski definition) is 6. The molecule has 0 aliphatic rings. The number of halogens is 2. The molecule has 20 heavy (non-hydrogen) atoms. The first-order valence-corrected chi connectivity index (χ1v) is 6.87. The van der Waals surface area contributed by atoms with Crippen LogP contribution in [-0.4, -0.2) is 17.6 Å². The molecule has 0 saturated carbocycles. The molecule has 0 fully saturated rings. The highest BCUT2D eigenvalue weighted by Gasteiger charge is 2.34. The van der Waals surface area contributed by atoms with Gasteiger partial charge in [0.15, 0.2) is 0 Å². The summed E-state index contributed by atoms with van der Waals surface area (Å²) in [5.74, 6) is -0.153. The normalized spacial score (nSPS) is 17.0. The van der Waals surface area contributed by atoms with Crippen molar-refractivity contribution in [3.8, 4) is 5.75 Å². The molecule has 2 unspecified atom stereocenters. The molecule has 0 spiro atoms. The van der Waals surface area contributed by atoms with Gasteiger partial charge in [-0.1, -0.05) is 0 Å². The van der Waals surface area contributed by atoms with E-state index in [4.69, 9.17) is 4.52 Å². The van der Waals surface area contributed by atoms with E-state index in [0.29, 0.717) is 0 Å². The van der Waals surface area contributed by atoms with Crippen LogP contribution in [0.25, 0.3) is 0 Å². The molecule has 1 aromatic carbocycles. The van der Waals surface area contributed by atoms with Gasteiger partial charge in [0, 0.05) is 12.1 Å². The SMILES string of the molecule is CC(F)OP(=O)(Oc1ccc([N+](=O)[O-])cc1)OC(C)F. The molecular formula is C10H12F2NO6P. The smallest absolute Gasteiger partial charge is 0.404 e. The van der Waals surface area contributed by atoms with Crippen molar-refractivity contribution in [2.75, 3.05) is 0 Å². The van der Waals surface area contributed by atoms with Crippen molar-refractivity contribution in [1.29, 1.82) is 0 Å². The van der Waals surface area contributed by atoms with Crippen molar-refractivity contribution in [3.63, 3.8) is 0 Å². The summed E-state index contributed by atoms with van der Waals surface area (Å²) in [4.78, 5) is 9.80. The van der Waals surface area contributed by atoms with Crippen molar-refractivity contribution >= 4 is 13.5 Å². The second-order valence-electron chi connectivity index (χ2n) is 3.59. The highest BCUT2D eigenvalue weighted by atomic mass is 31.2. The predicted octanol–water partition coefficient (Wildman–Crippen LogP) is 3.75. The van der Waals surface area contributed by atoms with E-state index in [1.807, 2.05) is 0 Å². The zero-order valence-corrected chi connectivity index (χ0v) is 11.5. The van der Waals surface area contributed by atoms with Crippen LogP contribution in [0.4, 0.5) is 14.5 Å². The minimum absolute atomic E-state index is 0.153. The Labute approximate surface area is 113 Å². The van der Waals surface area contributed by atoms with Crippen molar-refractivity contribution in [1.82, 2.24) is 0 Å². The highest BCUT2D eigenvalue weighted by molar-refractivity contribution is 7.49. The number of nitro groups is 1. The van der Waals surface area contributed by atoms with E-state index in [0.717, 1.165) is 38.1 Å². The second kappa shape index (κ2) is 6.74. The average Bonchev–Trinajstić information content (AvgIpc) is 2.26. The molecule has 0 bridgehead atoms. The van der Waals surface area contributed by atoms with E-state index in [2.05, 4.69) is 9.05 Å². The number of benzene rings is 1. The van der Waals surface area contributed by atoms with Gasteiger partial charge in [0.25, 0.3) is 5.69 Å². The van der Waals surface area contributed by atoms with E-state index in [-0.39, 0.29) is 11.4 Å². The summed E-state index contributed by atoms with van der Waals surface area (Å²) in [6.07, 6.45) is -4.03. The van der Waals surface area contributed by atoms with Crippen molar-refractivity contribution in [2.24, 2.45) is 0 Å². The van der Waals surface area contributed by atoms with Crippen LogP contribution in [0.1, 0.15) is 13.8 Å². The summed E-state index contributed by atoms with van der Waals surface area (Å²) in [6.45, 7) is 1.83. The van der Waals surface area contributed by atoms with Crippen LogP contribution >= 0.6 is 7.82 Å². The summed E-state index contributed by atoms with van der Waals surface area (Å²) in [5.41, 5.74) is -0.230. The third-order valence-corrected chi connectivity index (χ3v) is 3.35. The Morgan fingerprint density at radius 3 is 1.95 bits per heavy atom. The lowest BCUT2D eigenvalue weighted by Crippen LogP contribution is -2.10. The molecule has 1 aromatic rings. The molecule has 2 atom stereocenters. The standard InChI is InChI=1S/C10H12F2NO6P/c1-7(11)17-20(16,18-8(2)12)19-10-5-3-9(4-6-10)13(14)15/h3-8H,1-2H3. The summed E-state index contributed by atoms with van der Waals surface area (Å²) >= 11 is 0. The largest absolute Gasteiger partial charge is 0.535 e. The van der Waals surface area contributed by atoms with Crippen LogP contribution in [0.3, 0.4) is 0 Å². The van der Waals surface area contributed by atoms with E-state index >= 15 is 0 Å². The number of nitro benzene ring substituents is 1. The molecule has 0 radical (unpaired) electrons. The van der Waals surface area contributed by atoms with Gasteiger partial charge in [0.1, 0.15) is 5.75 Å². The Morgan fingerprint density at radius 2 is 1.60 bits per heavy atom. The Morgan fingerprint density at radius 1 is 1.15 bits per heavy atom. The third kappa shape index (κ3) is 5.20. The molecule has 1 rings (SSSR count). The summed E-state index contributed by atoms with van der Waals surface area (Å²) in [7, 11) is -4.51. The zero-order chi connectivity index (χ0) is 15.3. The fourth-order valence-corrected chi connectivity index (χ4v) is 2.41. The molecule has 10 heteroatoms. The Balaban J connectivity index is 2.89. The lowest BCUT2D eigenvalue weighted by molar-refractivity contribution is -0.384. The van der Waals surface area contributed by atoms with Crippen LogP contribution < -0.4 is 4.52 Å². The van der Waals surface area contributed by atoms with Crippen LogP contribution in [0, 0.1) is 10.1 Å². The maximum Gasteiger partial charge on any atom is 0.535 e. The average molecular weight is 311 g/mol. The molecular weight excluding hydrogens is 299 g/mol. The van der Waals surface area contributed by atoms with Gasteiger partial charge in [-0.3, -0.25) is 10.1 Å². The van der Waals surface area contributed by atoms with Crippen LogP contribution in [0.15, 0.2) is 24.3 Å².